The second-order valence-corrected chi connectivity index (χ2v) is 7.51. The highest BCUT2D eigenvalue weighted by molar-refractivity contribution is 7.99. The van der Waals surface area contributed by atoms with Gasteiger partial charge in [0, 0.05) is 22.7 Å². The van der Waals surface area contributed by atoms with Crippen LogP contribution in [0, 0.1) is 10.8 Å². The van der Waals surface area contributed by atoms with Crippen LogP contribution in [0.5, 0.6) is 0 Å². The Morgan fingerprint density at radius 1 is 1.12 bits per heavy atom. The predicted molar refractivity (Wildman–Crippen MR) is 74.4 cm³/mol. The number of hydrogen-bond donors (Lipinski definition) is 1. The van der Waals surface area contributed by atoms with Gasteiger partial charge in [0.05, 0.1) is 0 Å². The Kier molecular flexibility index (Phi) is 2.40. The van der Waals surface area contributed by atoms with Crippen molar-refractivity contribution in [3.05, 3.63) is 29.8 Å². The lowest BCUT2D eigenvalue weighted by atomic mass is 10.0. The maximum Gasteiger partial charge on any atom is 0.0429 e. The molecule has 1 nitrogen and oxygen atoms in total. The zero-order chi connectivity index (χ0) is 12.3. The molecule has 1 atom stereocenters. The van der Waals surface area contributed by atoms with E-state index < -0.39 is 0 Å². The molecule has 0 spiro atoms. The monoisotopic (exact) mass is 247 g/mol. The van der Waals surface area contributed by atoms with E-state index in [0.29, 0.717) is 22.9 Å². The lowest BCUT2D eigenvalue weighted by Crippen LogP contribution is -2.27. The van der Waals surface area contributed by atoms with Gasteiger partial charge in [0.2, 0.25) is 0 Å². The minimum absolute atomic E-state index is 0.426. The van der Waals surface area contributed by atoms with Crippen LogP contribution in [-0.4, -0.2) is 11.8 Å². The highest BCUT2D eigenvalue weighted by atomic mass is 32.2. The first kappa shape index (κ1) is 11.6. The molecule has 92 valence electrons. The van der Waals surface area contributed by atoms with Crippen molar-refractivity contribution in [2.24, 2.45) is 10.8 Å². The smallest absolute Gasteiger partial charge is 0.0429 e. The molecule has 0 saturated heterocycles. The van der Waals surface area contributed by atoms with Gasteiger partial charge in [-0.25, -0.2) is 0 Å². The van der Waals surface area contributed by atoms with Crippen LogP contribution in [0.15, 0.2) is 29.2 Å². The van der Waals surface area contributed by atoms with Gasteiger partial charge in [0.1, 0.15) is 0 Å². The quantitative estimate of drug-likeness (QED) is 0.851. The van der Waals surface area contributed by atoms with Gasteiger partial charge in [0.25, 0.3) is 0 Å². The fourth-order valence-electron chi connectivity index (χ4n) is 3.11. The lowest BCUT2D eigenvalue weighted by molar-refractivity contribution is 0.457. The van der Waals surface area contributed by atoms with Gasteiger partial charge in [-0.05, 0) is 22.5 Å². The highest BCUT2D eigenvalue weighted by Gasteiger charge is 2.65. The Morgan fingerprint density at radius 2 is 1.76 bits per heavy atom. The number of benzene rings is 1. The number of thioether (sulfide) groups is 1. The third kappa shape index (κ3) is 1.57. The van der Waals surface area contributed by atoms with E-state index in [-0.39, 0.29) is 0 Å². The highest BCUT2D eigenvalue weighted by Crippen LogP contribution is 2.63. The molecule has 0 radical (unpaired) electrons. The Morgan fingerprint density at radius 3 is 2.41 bits per heavy atom. The molecule has 1 saturated carbocycles. The number of fused-ring (bicyclic) bond motifs is 1. The summed E-state index contributed by atoms with van der Waals surface area (Å²) in [7, 11) is 0. The maximum absolute atomic E-state index is 3.87. The molecule has 1 aliphatic carbocycles. The fourth-order valence-corrected chi connectivity index (χ4v) is 4.29. The number of nitrogens with one attached hydrogen (secondary N) is 1. The third-order valence-corrected chi connectivity index (χ3v) is 6.27. The van der Waals surface area contributed by atoms with Crippen molar-refractivity contribution in [3.8, 4) is 0 Å². The summed E-state index contributed by atoms with van der Waals surface area (Å²) in [5, 5.41) is 3.87. The van der Waals surface area contributed by atoms with Crippen LogP contribution < -0.4 is 5.32 Å². The van der Waals surface area contributed by atoms with Crippen LogP contribution in [0.3, 0.4) is 0 Å². The molecule has 1 unspecified atom stereocenters. The summed E-state index contributed by atoms with van der Waals surface area (Å²) in [6.07, 6.45) is 0. The second kappa shape index (κ2) is 3.52. The van der Waals surface area contributed by atoms with Gasteiger partial charge in [-0.15, -0.1) is 11.8 Å². The van der Waals surface area contributed by atoms with Crippen molar-refractivity contribution in [1.82, 2.24) is 5.32 Å². The Hall–Kier alpha value is -0.470. The average molecular weight is 247 g/mol. The normalized spacial score (nSPS) is 29.1. The van der Waals surface area contributed by atoms with Gasteiger partial charge in [-0.2, -0.15) is 0 Å². The van der Waals surface area contributed by atoms with Crippen molar-refractivity contribution < 1.29 is 0 Å². The van der Waals surface area contributed by atoms with Crippen LogP contribution in [-0.2, 0) is 0 Å². The molecule has 2 aliphatic rings. The van der Waals surface area contributed by atoms with Crippen molar-refractivity contribution in [2.75, 3.05) is 5.75 Å². The van der Waals surface area contributed by atoms with E-state index in [1.165, 1.54) is 16.2 Å². The molecule has 1 fully saturated rings. The van der Waals surface area contributed by atoms with Crippen molar-refractivity contribution in [3.63, 3.8) is 0 Å². The fraction of sp³-hybridized carbons (Fsp3) is 0.600. The van der Waals surface area contributed by atoms with Gasteiger partial charge in [-0.1, -0.05) is 45.9 Å². The summed E-state index contributed by atoms with van der Waals surface area (Å²) in [6, 6.07) is 10.00. The molecule has 0 bridgehead atoms. The van der Waals surface area contributed by atoms with E-state index >= 15 is 0 Å². The number of rotatable bonds is 2. The first-order valence-corrected chi connectivity index (χ1v) is 7.41. The van der Waals surface area contributed by atoms with Gasteiger partial charge in [-0.3, -0.25) is 0 Å². The predicted octanol–water partition coefficient (Wildman–Crippen LogP) is 3.86. The molecule has 1 aromatic rings. The standard InChI is InChI=1S/C15H21NS/c1-14(2)13(15(14,3)4)16-11-9-17-12-8-6-5-7-10(11)12/h5-8,11,13,16H,9H2,1-4H3. The summed E-state index contributed by atoms with van der Waals surface area (Å²) in [5.74, 6) is 1.18. The van der Waals surface area contributed by atoms with Crippen LogP contribution in [0.4, 0.5) is 0 Å². The van der Waals surface area contributed by atoms with E-state index in [1.807, 2.05) is 11.8 Å². The van der Waals surface area contributed by atoms with Gasteiger partial charge >= 0.3 is 0 Å². The molecular formula is C15H21NS. The SMILES string of the molecule is CC1(C)C(NC2CSc3ccccc32)C1(C)C. The second-order valence-electron chi connectivity index (χ2n) is 6.44. The van der Waals surface area contributed by atoms with E-state index in [1.54, 1.807) is 0 Å². The van der Waals surface area contributed by atoms with Crippen molar-refractivity contribution >= 4 is 11.8 Å². The molecule has 1 aliphatic heterocycles. The molecule has 0 amide bonds. The zero-order valence-electron chi connectivity index (χ0n) is 11.1. The summed E-state index contributed by atoms with van der Waals surface area (Å²) < 4.78 is 0. The van der Waals surface area contributed by atoms with Crippen LogP contribution in [0.2, 0.25) is 0 Å². The van der Waals surface area contributed by atoms with Crippen LogP contribution in [0.1, 0.15) is 39.3 Å². The summed E-state index contributed by atoms with van der Waals surface area (Å²) in [6.45, 7) is 9.49. The maximum atomic E-state index is 3.87. The van der Waals surface area contributed by atoms with Gasteiger partial charge < -0.3 is 5.32 Å². The van der Waals surface area contributed by atoms with E-state index in [9.17, 15) is 0 Å². The molecule has 17 heavy (non-hydrogen) atoms. The van der Waals surface area contributed by atoms with Crippen molar-refractivity contribution in [1.29, 1.82) is 0 Å². The first-order chi connectivity index (χ1) is 7.94. The molecule has 3 rings (SSSR count). The van der Waals surface area contributed by atoms with Crippen molar-refractivity contribution in [2.45, 2.75) is 44.7 Å². The Balaban J connectivity index is 1.78. The summed E-state index contributed by atoms with van der Waals surface area (Å²) in [4.78, 5) is 1.46. The molecular weight excluding hydrogens is 226 g/mol. The third-order valence-electron chi connectivity index (χ3n) is 5.09. The van der Waals surface area contributed by atoms with E-state index in [2.05, 4.69) is 57.3 Å². The van der Waals surface area contributed by atoms with E-state index in [0.717, 1.165) is 0 Å². The zero-order valence-corrected chi connectivity index (χ0v) is 11.9. The molecule has 0 aromatic heterocycles. The summed E-state index contributed by atoms with van der Waals surface area (Å²) >= 11 is 1.98. The van der Waals surface area contributed by atoms with E-state index in [4.69, 9.17) is 0 Å². The minimum atomic E-state index is 0.426. The lowest BCUT2D eigenvalue weighted by Gasteiger charge is -2.15. The molecule has 2 heteroatoms. The topological polar surface area (TPSA) is 12.0 Å². The largest absolute Gasteiger partial charge is 0.305 e. The first-order valence-electron chi connectivity index (χ1n) is 6.42. The Labute approximate surface area is 108 Å². The minimum Gasteiger partial charge on any atom is -0.305 e. The number of hydrogen-bond acceptors (Lipinski definition) is 2. The molecule has 1 N–H and O–H groups in total. The summed E-state index contributed by atoms with van der Waals surface area (Å²) in [5.41, 5.74) is 2.35. The molecule has 1 heterocycles. The molecule has 1 aromatic carbocycles. The van der Waals surface area contributed by atoms with Crippen LogP contribution in [0.25, 0.3) is 0 Å². The average Bonchev–Trinajstić information content (AvgIpc) is 2.65. The Bertz CT molecular complexity index is 436. The van der Waals surface area contributed by atoms with Gasteiger partial charge in [0.15, 0.2) is 0 Å². The van der Waals surface area contributed by atoms with Crippen LogP contribution >= 0.6 is 11.8 Å².